The lowest BCUT2D eigenvalue weighted by molar-refractivity contribution is -0.116. The van der Waals surface area contributed by atoms with Crippen LogP contribution in [0, 0.1) is 6.92 Å². The quantitative estimate of drug-likeness (QED) is 0.508. The molecule has 3 aromatic heterocycles. The zero-order valence-corrected chi connectivity index (χ0v) is 17.1. The summed E-state index contributed by atoms with van der Waals surface area (Å²) >= 11 is 1.63. The lowest BCUT2D eigenvalue weighted by Crippen LogP contribution is -2.44. The molecule has 1 fully saturated rings. The van der Waals surface area contributed by atoms with Crippen LogP contribution < -0.4 is 10.3 Å². The summed E-state index contributed by atoms with van der Waals surface area (Å²) in [5, 5.41) is 9.39. The van der Waals surface area contributed by atoms with Crippen molar-refractivity contribution >= 4 is 27.3 Å². The molecular weight excluding hydrogens is 388 g/mol. The topological polar surface area (TPSA) is 70.7 Å². The first-order valence-electron chi connectivity index (χ1n) is 9.80. The fraction of sp³-hybridized carbons (Fsp3) is 0.381. The van der Waals surface area contributed by atoms with Gasteiger partial charge >= 0.3 is 0 Å². The number of nitrogens with zero attached hydrogens (tertiary/aromatic N) is 4. The Kier molecular flexibility index (Phi) is 3.49. The van der Waals surface area contributed by atoms with Crippen molar-refractivity contribution in [2.24, 2.45) is 0 Å². The fourth-order valence-electron chi connectivity index (χ4n) is 4.56. The van der Waals surface area contributed by atoms with Crippen LogP contribution in [0.1, 0.15) is 35.5 Å². The molecule has 0 atom stereocenters. The number of rotatable bonds is 2. The van der Waals surface area contributed by atoms with E-state index in [-0.39, 0.29) is 11.2 Å². The third-order valence-corrected chi connectivity index (χ3v) is 7.49. The Morgan fingerprint density at radius 2 is 2.00 bits per heavy atom. The van der Waals surface area contributed by atoms with Crippen LogP contribution in [0.5, 0.6) is 5.75 Å². The highest BCUT2D eigenvalue weighted by molar-refractivity contribution is 7.18. The molecule has 2 aliphatic rings. The summed E-state index contributed by atoms with van der Waals surface area (Å²) < 4.78 is 15.1. The van der Waals surface area contributed by atoms with Crippen molar-refractivity contribution in [3.05, 3.63) is 50.9 Å². The minimum absolute atomic E-state index is 0.0426. The van der Waals surface area contributed by atoms with E-state index in [2.05, 4.69) is 10.2 Å². The third-order valence-electron chi connectivity index (χ3n) is 6.30. The average molecular weight is 408 g/mol. The molecule has 0 N–H and O–H groups in total. The van der Waals surface area contributed by atoms with Gasteiger partial charge < -0.3 is 9.47 Å². The number of aryl methyl sites for hydroxylation is 1. The van der Waals surface area contributed by atoms with Gasteiger partial charge in [-0.05, 0) is 56.0 Å². The molecule has 1 spiro atoms. The Bertz CT molecular complexity index is 1330. The van der Waals surface area contributed by atoms with E-state index in [1.165, 1.54) is 6.42 Å². The zero-order chi connectivity index (χ0) is 19.8. The highest BCUT2D eigenvalue weighted by Crippen LogP contribution is 2.46. The van der Waals surface area contributed by atoms with E-state index in [0.29, 0.717) is 12.4 Å². The summed E-state index contributed by atoms with van der Waals surface area (Å²) in [4.78, 5) is 15.8. The molecule has 8 heteroatoms. The molecule has 1 aliphatic carbocycles. The van der Waals surface area contributed by atoms with Crippen LogP contribution in [-0.2, 0) is 17.8 Å². The predicted octanol–water partition coefficient (Wildman–Crippen LogP) is 3.41. The van der Waals surface area contributed by atoms with Crippen LogP contribution in [0.25, 0.3) is 21.7 Å². The van der Waals surface area contributed by atoms with Gasteiger partial charge in [-0.2, -0.15) is 0 Å². The van der Waals surface area contributed by atoms with E-state index in [1.807, 2.05) is 35.6 Å². The van der Waals surface area contributed by atoms with Crippen molar-refractivity contribution in [1.82, 2.24) is 19.2 Å². The molecule has 0 radical (unpaired) electrons. The molecule has 4 aromatic rings. The van der Waals surface area contributed by atoms with Gasteiger partial charge in [-0.1, -0.05) is 0 Å². The van der Waals surface area contributed by atoms with Gasteiger partial charge in [0.15, 0.2) is 0 Å². The summed E-state index contributed by atoms with van der Waals surface area (Å²) in [7, 11) is 1.63. The highest BCUT2D eigenvalue weighted by Gasteiger charge is 2.43. The summed E-state index contributed by atoms with van der Waals surface area (Å²) in [5.74, 6) is 2.04. The molecule has 0 amide bonds. The molecule has 29 heavy (non-hydrogen) atoms. The lowest BCUT2D eigenvalue weighted by Gasteiger charge is -2.44. The summed E-state index contributed by atoms with van der Waals surface area (Å²) in [6.45, 7) is 2.50. The van der Waals surface area contributed by atoms with E-state index < -0.39 is 0 Å². The van der Waals surface area contributed by atoms with Crippen LogP contribution in [0.15, 0.2) is 29.1 Å². The minimum atomic E-state index is -0.0738. The number of ether oxygens (including phenoxy) is 2. The smallest absolute Gasteiger partial charge is 0.268 e. The Morgan fingerprint density at radius 3 is 2.69 bits per heavy atom. The van der Waals surface area contributed by atoms with Crippen molar-refractivity contribution < 1.29 is 9.47 Å². The van der Waals surface area contributed by atoms with E-state index in [9.17, 15) is 4.79 Å². The van der Waals surface area contributed by atoms with Crippen LogP contribution in [0.2, 0.25) is 0 Å². The van der Waals surface area contributed by atoms with Gasteiger partial charge in [-0.15, -0.1) is 21.5 Å². The SMILES string of the molecule is COc1ccc(-n2c(=O)c3c4c(sc3n3c(C)nnc23)COC2(CCC2)C4)cc1. The molecule has 0 saturated heterocycles. The average Bonchev–Trinajstić information content (AvgIpc) is 3.27. The standard InChI is InChI=1S/C21H20N4O3S/c1-12-22-23-20-24(12)19-17(15-10-21(8-3-9-21)28-11-16(15)29-19)18(26)25(20)13-4-6-14(27-2)7-5-13/h4-7H,3,8-11H2,1-2H3. The Labute approximate surface area is 170 Å². The minimum Gasteiger partial charge on any atom is -0.497 e. The van der Waals surface area contributed by atoms with Crippen molar-refractivity contribution in [3.63, 3.8) is 0 Å². The highest BCUT2D eigenvalue weighted by atomic mass is 32.1. The first kappa shape index (κ1) is 17.2. The Hall–Kier alpha value is -2.71. The monoisotopic (exact) mass is 408 g/mol. The molecule has 6 rings (SSSR count). The second kappa shape index (κ2) is 5.90. The molecule has 148 valence electrons. The van der Waals surface area contributed by atoms with Crippen molar-refractivity contribution in [2.75, 3.05) is 7.11 Å². The van der Waals surface area contributed by atoms with Crippen LogP contribution in [0.3, 0.4) is 0 Å². The van der Waals surface area contributed by atoms with Gasteiger partial charge in [-0.25, -0.2) is 4.57 Å². The van der Waals surface area contributed by atoms with Gasteiger partial charge in [-0.3, -0.25) is 9.20 Å². The Balaban J connectivity index is 1.68. The van der Waals surface area contributed by atoms with Crippen molar-refractivity contribution in [1.29, 1.82) is 0 Å². The molecular formula is C21H20N4O3S. The number of benzene rings is 1. The van der Waals surface area contributed by atoms with Gasteiger partial charge in [0.1, 0.15) is 16.4 Å². The second-order valence-corrected chi connectivity index (χ2v) is 8.99. The maximum Gasteiger partial charge on any atom is 0.268 e. The van der Waals surface area contributed by atoms with Gasteiger partial charge in [0.05, 0.1) is 30.4 Å². The normalized spacial score (nSPS) is 17.6. The van der Waals surface area contributed by atoms with E-state index >= 15 is 0 Å². The van der Waals surface area contributed by atoms with E-state index in [4.69, 9.17) is 9.47 Å². The first-order valence-corrected chi connectivity index (χ1v) is 10.6. The maximum atomic E-state index is 13.8. The number of fused-ring (bicyclic) bond motifs is 5. The van der Waals surface area contributed by atoms with E-state index in [1.54, 1.807) is 23.0 Å². The van der Waals surface area contributed by atoms with Crippen LogP contribution >= 0.6 is 11.3 Å². The summed E-state index contributed by atoms with van der Waals surface area (Å²) in [5.41, 5.74) is 1.79. The number of methoxy groups -OCH3 is 1. The second-order valence-electron chi connectivity index (χ2n) is 7.91. The first-order chi connectivity index (χ1) is 14.1. The van der Waals surface area contributed by atoms with Gasteiger partial charge in [0.2, 0.25) is 5.78 Å². The fourth-order valence-corrected chi connectivity index (χ4v) is 5.83. The third kappa shape index (κ3) is 2.30. The molecule has 0 unspecified atom stereocenters. The number of thiophene rings is 1. The number of hydrogen-bond donors (Lipinski definition) is 0. The van der Waals surface area contributed by atoms with Gasteiger partial charge in [0, 0.05) is 11.3 Å². The molecule has 1 saturated carbocycles. The molecule has 0 bridgehead atoms. The van der Waals surface area contributed by atoms with E-state index in [0.717, 1.165) is 57.2 Å². The molecule has 1 aromatic carbocycles. The summed E-state index contributed by atoms with van der Waals surface area (Å²) in [6.07, 6.45) is 4.16. The lowest BCUT2D eigenvalue weighted by atomic mass is 9.74. The van der Waals surface area contributed by atoms with Crippen LogP contribution in [0.4, 0.5) is 0 Å². The number of aromatic nitrogens is 4. The zero-order valence-electron chi connectivity index (χ0n) is 16.3. The molecule has 4 heterocycles. The largest absolute Gasteiger partial charge is 0.497 e. The molecule has 7 nitrogen and oxygen atoms in total. The maximum absolute atomic E-state index is 13.8. The predicted molar refractivity (Wildman–Crippen MR) is 110 cm³/mol. The van der Waals surface area contributed by atoms with Crippen LogP contribution in [-0.4, -0.2) is 31.9 Å². The number of hydrogen-bond acceptors (Lipinski definition) is 6. The molecule has 1 aliphatic heterocycles. The van der Waals surface area contributed by atoms with Crippen molar-refractivity contribution in [3.8, 4) is 11.4 Å². The van der Waals surface area contributed by atoms with Crippen molar-refractivity contribution in [2.45, 2.75) is 44.8 Å². The van der Waals surface area contributed by atoms with Gasteiger partial charge in [0.25, 0.3) is 5.56 Å². The Morgan fingerprint density at radius 1 is 1.21 bits per heavy atom. The summed E-state index contributed by atoms with van der Waals surface area (Å²) in [6, 6.07) is 7.47.